The van der Waals surface area contributed by atoms with Gasteiger partial charge in [-0.15, -0.1) is 0 Å². The number of alkyl halides is 3. The van der Waals surface area contributed by atoms with Crippen LogP contribution in [0.4, 0.5) is 13.2 Å². The van der Waals surface area contributed by atoms with E-state index in [0.717, 1.165) is 0 Å². The van der Waals surface area contributed by atoms with E-state index in [1.807, 2.05) is 0 Å². The number of carboxylic acid groups (broad SMARTS) is 1. The number of rotatable bonds is 4. The molecule has 0 aliphatic carbocycles. The molecule has 0 heterocycles. The largest absolute Gasteiger partial charge is 1.00 e. The third-order valence-electron chi connectivity index (χ3n) is 3.48. The molecule has 9 heteroatoms. The predicted octanol–water partition coefficient (Wildman–Crippen LogP) is 0.563. The van der Waals surface area contributed by atoms with Crippen molar-refractivity contribution in [2.45, 2.75) is 6.18 Å². The summed E-state index contributed by atoms with van der Waals surface area (Å²) in [5.41, 5.74) is -0.521. The zero-order valence-electron chi connectivity index (χ0n) is 13.8. The van der Waals surface area contributed by atoms with Gasteiger partial charge in [0, 0.05) is 12.6 Å². The van der Waals surface area contributed by atoms with E-state index in [4.69, 9.17) is 22.1 Å². The number of ether oxygens (including phenoxy) is 1. The zero-order chi connectivity index (χ0) is 18.1. The molecule has 1 N–H and O–H groups in total. The van der Waals surface area contributed by atoms with Crippen molar-refractivity contribution in [3.8, 4) is 5.75 Å². The van der Waals surface area contributed by atoms with Crippen molar-refractivity contribution < 1.29 is 57.4 Å². The van der Waals surface area contributed by atoms with E-state index in [0.29, 0.717) is 5.56 Å². The van der Waals surface area contributed by atoms with E-state index in [-0.39, 0.29) is 57.6 Å². The predicted molar refractivity (Wildman–Crippen MR) is 87.5 cm³/mol. The molecule has 4 nitrogen and oxygen atoms in total. The maximum absolute atomic E-state index is 13.4. The van der Waals surface area contributed by atoms with Crippen molar-refractivity contribution in [1.29, 1.82) is 0 Å². The zero-order valence-corrected chi connectivity index (χ0v) is 16.7. The molecule has 2 rings (SSSR count). The number of methoxy groups -OCH3 is 1. The monoisotopic (exact) mass is 380 g/mol. The number of hydrogen-bond donors (Lipinski definition) is 1. The van der Waals surface area contributed by atoms with Crippen molar-refractivity contribution in [2.24, 2.45) is 0 Å². The summed E-state index contributed by atoms with van der Waals surface area (Å²) < 4.78 is 45.1. The smallest absolute Gasteiger partial charge is 0.496 e. The summed E-state index contributed by atoms with van der Waals surface area (Å²) in [7, 11) is 2.65. The van der Waals surface area contributed by atoms with Gasteiger partial charge in [-0.3, -0.25) is 4.79 Å². The van der Waals surface area contributed by atoms with E-state index < -0.39 is 17.7 Å². The Morgan fingerprint density at radius 2 is 1.88 bits per heavy atom. The minimum Gasteiger partial charge on any atom is -0.496 e. The fourth-order valence-corrected chi connectivity index (χ4v) is 2.71. The van der Waals surface area contributed by atoms with Crippen molar-refractivity contribution in [3.05, 3.63) is 41.5 Å². The van der Waals surface area contributed by atoms with Crippen LogP contribution in [0.2, 0.25) is 0 Å². The first-order valence-electron chi connectivity index (χ1n) is 6.81. The van der Waals surface area contributed by atoms with E-state index in [1.165, 1.54) is 43.3 Å². The number of fused-ring (bicyclic) bond motifs is 1. The van der Waals surface area contributed by atoms with Crippen LogP contribution in [0, 0.1) is 0 Å². The number of hydrogen-bond acceptors (Lipinski definition) is 3. The number of thiocarbonyl (C=S) groups is 1. The number of aliphatic carboxylic acids is 1. The summed E-state index contributed by atoms with van der Waals surface area (Å²) in [5.74, 6) is -1.37. The number of carbonyl (C=O) groups is 1. The van der Waals surface area contributed by atoms with Gasteiger partial charge in [0.1, 0.15) is 22.8 Å². The molecule has 128 valence electrons. The van der Waals surface area contributed by atoms with Crippen molar-refractivity contribution in [1.82, 2.24) is 4.90 Å². The van der Waals surface area contributed by atoms with Crippen molar-refractivity contribution in [2.75, 3.05) is 20.7 Å². The van der Waals surface area contributed by atoms with E-state index in [1.54, 1.807) is 6.07 Å². The van der Waals surface area contributed by atoms with Crippen LogP contribution in [0.15, 0.2) is 30.3 Å². The van der Waals surface area contributed by atoms with E-state index in [2.05, 4.69) is 0 Å². The molecule has 0 atom stereocenters. The van der Waals surface area contributed by atoms with Gasteiger partial charge in [0.15, 0.2) is 0 Å². The third kappa shape index (κ3) is 4.63. The first-order chi connectivity index (χ1) is 11.2. The number of likely N-dealkylation sites (N-methyl/N-ethyl adjacent to an activating group) is 1. The fourth-order valence-electron chi connectivity index (χ4n) is 2.47. The minimum absolute atomic E-state index is 0. The molecule has 0 aliphatic heterocycles. The second-order valence-electron chi connectivity index (χ2n) is 5.10. The van der Waals surface area contributed by atoms with Crippen LogP contribution < -0.4 is 34.3 Å². The molecule has 0 fully saturated rings. The third-order valence-corrected chi connectivity index (χ3v) is 4.01. The van der Waals surface area contributed by atoms with Gasteiger partial charge in [0.05, 0.1) is 7.11 Å². The first kappa shape index (κ1) is 21.7. The minimum atomic E-state index is -4.60. The Hall–Kier alpha value is -1.35. The average molecular weight is 380 g/mol. The molecule has 2 aromatic rings. The van der Waals surface area contributed by atoms with E-state index >= 15 is 0 Å². The van der Waals surface area contributed by atoms with Gasteiger partial charge in [-0.25, -0.2) is 0 Å². The summed E-state index contributed by atoms with van der Waals surface area (Å²) in [6.07, 6.45) is -4.60. The average Bonchev–Trinajstić information content (AvgIpc) is 2.50. The standard InChI is InChI=1S/C16H14F3NO3S.Na/c1-20(8-13(21)22)15(24)11-5-3-4-10-9(11)6-7-12(23-2)14(10)16(17,18)19;/h3-7H,8H2,1-2H3,(H,21,22);/q;+1. The maximum Gasteiger partial charge on any atom is 1.00 e. The Labute approximate surface area is 169 Å². The summed E-state index contributed by atoms with van der Waals surface area (Å²) in [6, 6.07) is 7.07. The molecule has 0 spiro atoms. The van der Waals surface area contributed by atoms with Crippen LogP contribution in [0.1, 0.15) is 11.1 Å². The Kier molecular flexibility index (Phi) is 7.25. The van der Waals surface area contributed by atoms with Gasteiger partial charge < -0.3 is 14.7 Å². The van der Waals surface area contributed by atoms with Crippen LogP contribution in [0.5, 0.6) is 5.75 Å². The fraction of sp³-hybridized carbons (Fsp3) is 0.250. The quantitative estimate of drug-likeness (QED) is 0.621. The Morgan fingerprint density at radius 3 is 2.40 bits per heavy atom. The molecule has 25 heavy (non-hydrogen) atoms. The molecule has 0 bridgehead atoms. The van der Waals surface area contributed by atoms with E-state index in [9.17, 15) is 18.0 Å². The maximum atomic E-state index is 13.4. The van der Waals surface area contributed by atoms with Gasteiger partial charge in [0.25, 0.3) is 0 Å². The number of benzene rings is 2. The molecule has 0 aliphatic rings. The second-order valence-corrected chi connectivity index (χ2v) is 5.48. The molecule has 0 saturated heterocycles. The molecular weight excluding hydrogens is 366 g/mol. The number of halogens is 3. The van der Waals surface area contributed by atoms with Gasteiger partial charge in [0.2, 0.25) is 0 Å². The van der Waals surface area contributed by atoms with Crippen LogP contribution in [0.3, 0.4) is 0 Å². The van der Waals surface area contributed by atoms with Gasteiger partial charge in [-0.2, -0.15) is 13.2 Å². The number of nitrogens with zero attached hydrogens (tertiary/aromatic N) is 1. The summed E-state index contributed by atoms with van der Waals surface area (Å²) in [4.78, 5) is 12.3. The summed E-state index contributed by atoms with van der Waals surface area (Å²) >= 11 is 5.24. The van der Waals surface area contributed by atoms with Gasteiger partial charge in [-0.1, -0.05) is 30.4 Å². The number of carboxylic acids is 1. The summed E-state index contributed by atoms with van der Waals surface area (Å²) in [5, 5.41) is 9.08. The Balaban J connectivity index is 0.00000312. The normalized spacial score (nSPS) is 10.9. The topological polar surface area (TPSA) is 49.8 Å². The molecule has 0 saturated carbocycles. The molecule has 0 aromatic heterocycles. The molecule has 0 amide bonds. The molecule has 0 radical (unpaired) electrons. The SMILES string of the molecule is COc1ccc2c(C(=S)N(C)CC(=O)O)cccc2c1C(F)(F)F.[Na+]. The van der Waals surface area contributed by atoms with Crippen LogP contribution >= 0.6 is 12.2 Å². The van der Waals surface area contributed by atoms with Gasteiger partial charge >= 0.3 is 41.7 Å². The molecule has 0 unspecified atom stereocenters. The molecule has 2 aromatic carbocycles. The summed E-state index contributed by atoms with van der Waals surface area (Å²) in [6.45, 7) is -0.350. The Morgan fingerprint density at radius 1 is 1.24 bits per heavy atom. The van der Waals surface area contributed by atoms with Crippen molar-refractivity contribution >= 4 is 33.9 Å². The Bertz CT molecular complexity index is 811. The van der Waals surface area contributed by atoms with Crippen LogP contribution in [-0.2, 0) is 11.0 Å². The van der Waals surface area contributed by atoms with Gasteiger partial charge in [-0.05, 0) is 22.9 Å². The second kappa shape index (κ2) is 8.35. The van der Waals surface area contributed by atoms with Crippen molar-refractivity contribution in [3.63, 3.8) is 0 Å². The first-order valence-corrected chi connectivity index (χ1v) is 7.21. The molecular formula is C16H14F3NNaO3S+. The van der Waals surface area contributed by atoms with Crippen LogP contribution in [0.25, 0.3) is 10.8 Å². The van der Waals surface area contributed by atoms with Crippen LogP contribution in [-0.4, -0.2) is 41.7 Å².